The van der Waals surface area contributed by atoms with Crippen LogP contribution in [0.25, 0.3) is 5.57 Å². The van der Waals surface area contributed by atoms with E-state index in [1.165, 1.54) is 11.1 Å². The van der Waals surface area contributed by atoms with Gasteiger partial charge in [-0.05, 0) is 50.1 Å². The smallest absolute Gasteiger partial charge is 0.161 e. The zero-order chi connectivity index (χ0) is 15.1. The molecule has 1 aliphatic rings. The highest BCUT2D eigenvalue weighted by atomic mass is 16.5. The lowest BCUT2D eigenvalue weighted by Crippen LogP contribution is -2.20. The lowest BCUT2D eigenvalue weighted by atomic mass is 10.00. The largest absolute Gasteiger partial charge is 0.490 e. The summed E-state index contributed by atoms with van der Waals surface area (Å²) in [5, 5.41) is 3.31. The quantitative estimate of drug-likeness (QED) is 0.838. The summed E-state index contributed by atoms with van der Waals surface area (Å²) in [7, 11) is 0. The lowest BCUT2D eigenvalue weighted by molar-refractivity contribution is -0.117. The minimum absolute atomic E-state index is 0.129. The molecule has 0 aliphatic carbocycles. The van der Waals surface area contributed by atoms with Crippen LogP contribution in [-0.4, -0.2) is 32.1 Å². The van der Waals surface area contributed by atoms with E-state index in [2.05, 4.69) is 17.5 Å². The molecule has 0 amide bonds. The Morgan fingerprint density at radius 2 is 2.14 bits per heavy atom. The Morgan fingerprint density at radius 1 is 1.29 bits per heavy atom. The molecule has 0 fully saturated rings. The van der Waals surface area contributed by atoms with Crippen LogP contribution in [0.5, 0.6) is 11.5 Å². The van der Waals surface area contributed by atoms with Gasteiger partial charge in [0.1, 0.15) is 5.78 Å². The summed E-state index contributed by atoms with van der Waals surface area (Å²) in [6.07, 6.45) is 3.66. The molecule has 1 N–H and O–H groups in total. The maximum absolute atomic E-state index is 11.0. The third kappa shape index (κ3) is 4.60. The summed E-state index contributed by atoms with van der Waals surface area (Å²) in [6.45, 7) is 6.42. The van der Waals surface area contributed by atoms with Crippen LogP contribution in [0.3, 0.4) is 0 Å². The van der Waals surface area contributed by atoms with Gasteiger partial charge in [-0.1, -0.05) is 12.1 Å². The second-order valence-corrected chi connectivity index (χ2v) is 5.08. The van der Waals surface area contributed by atoms with Gasteiger partial charge in [0.15, 0.2) is 11.5 Å². The van der Waals surface area contributed by atoms with Crippen molar-refractivity contribution in [1.29, 1.82) is 0 Å². The van der Waals surface area contributed by atoms with E-state index in [9.17, 15) is 4.79 Å². The highest BCUT2D eigenvalue weighted by molar-refractivity contribution is 5.75. The van der Waals surface area contributed by atoms with Crippen LogP contribution in [0.1, 0.15) is 32.3 Å². The van der Waals surface area contributed by atoms with E-state index in [1.807, 2.05) is 19.1 Å². The van der Waals surface area contributed by atoms with Crippen LogP contribution >= 0.6 is 0 Å². The summed E-state index contributed by atoms with van der Waals surface area (Å²) in [4.78, 5) is 11.0. The molecule has 1 aliphatic heterocycles. The highest BCUT2D eigenvalue weighted by Gasteiger charge is 2.11. The van der Waals surface area contributed by atoms with E-state index in [0.29, 0.717) is 25.4 Å². The lowest BCUT2D eigenvalue weighted by Gasteiger charge is -2.17. The van der Waals surface area contributed by atoms with Gasteiger partial charge < -0.3 is 14.8 Å². The van der Waals surface area contributed by atoms with Gasteiger partial charge in [-0.2, -0.15) is 0 Å². The molecule has 1 aromatic carbocycles. The van der Waals surface area contributed by atoms with E-state index < -0.39 is 0 Å². The van der Waals surface area contributed by atoms with Crippen molar-refractivity contribution >= 4 is 11.4 Å². The first-order valence-corrected chi connectivity index (χ1v) is 7.50. The van der Waals surface area contributed by atoms with Crippen LogP contribution in [0.4, 0.5) is 0 Å². The summed E-state index contributed by atoms with van der Waals surface area (Å²) in [5.74, 6) is 1.58. The predicted octanol–water partition coefficient (Wildman–Crippen LogP) is 2.82. The number of hydrogen-bond donors (Lipinski definition) is 1. The first-order chi connectivity index (χ1) is 10.2. The van der Waals surface area contributed by atoms with Crippen molar-refractivity contribution in [2.45, 2.75) is 26.7 Å². The van der Waals surface area contributed by atoms with Crippen molar-refractivity contribution in [2.24, 2.45) is 0 Å². The number of rotatable bonds is 7. The van der Waals surface area contributed by atoms with E-state index in [4.69, 9.17) is 9.47 Å². The van der Waals surface area contributed by atoms with Gasteiger partial charge in [0, 0.05) is 13.0 Å². The summed E-state index contributed by atoms with van der Waals surface area (Å²) >= 11 is 0. The first-order valence-electron chi connectivity index (χ1n) is 7.50. The average Bonchev–Trinajstić information content (AvgIpc) is 2.49. The fourth-order valence-corrected chi connectivity index (χ4v) is 2.28. The van der Waals surface area contributed by atoms with Gasteiger partial charge in [-0.25, -0.2) is 0 Å². The Morgan fingerprint density at radius 3 is 2.81 bits per heavy atom. The SMILES string of the molecule is CCOc1cc(C2=CCNCC2)ccc1OCCC(C)=O. The normalized spacial score (nSPS) is 14.5. The maximum Gasteiger partial charge on any atom is 0.161 e. The van der Waals surface area contributed by atoms with Crippen molar-refractivity contribution in [3.8, 4) is 11.5 Å². The van der Waals surface area contributed by atoms with Crippen molar-refractivity contribution < 1.29 is 14.3 Å². The van der Waals surface area contributed by atoms with Crippen molar-refractivity contribution in [2.75, 3.05) is 26.3 Å². The molecule has 21 heavy (non-hydrogen) atoms. The molecule has 114 valence electrons. The number of carbonyl (C=O) groups is 1. The zero-order valence-electron chi connectivity index (χ0n) is 12.8. The number of ketones is 1. The molecule has 2 rings (SSSR count). The van der Waals surface area contributed by atoms with E-state index in [1.54, 1.807) is 6.92 Å². The van der Waals surface area contributed by atoms with E-state index in [-0.39, 0.29) is 5.78 Å². The Labute approximate surface area is 126 Å². The Kier molecular flexibility index (Phi) is 5.81. The van der Waals surface area contributed by atoms with Crippen LogP contribution in [0.2, 0.25) is 0 Å². The van der Waals surface area contributed by atoms with Crippen LogP contribution in [-0.2, 0) is 4.79 Å². The van der Waals surface area contributed by atoms with Gasteiger partial charge in [0.05, 0.1) is 13.2 Å². The molecule has 0 aromatic heterocycles. The van der Waals surface area contributed by atoms with E-state index in [0.717, 1.165) is 25.3 Å². The maximum atomic E-state index is 11.0. The number of Topliss-reactive ketones (excluding diaryl/α,β-unsaturated/α-hetero) is 1. The fraction of sp³-hybridized carbons (Fsp3) is 0.471. The van der Waals surface area contributed by atoms with Crippen molar-refractivity contribution in [3.05, 3.63) is 29.8 Å². The number of carbonyl (C=O) groups excluding carboxylic acids is 1. The monoisotopic (exact) mass is 289 g/mol. The molecule has 0 atom stereocenters. The molecular formula is C17H23NO3. The van der Waals surface area contributed by atoms with E-state index >= 15 is 0 Å². The number of benzene rings is 1. The van der Waals surface area contributed by atoms with Gasteiger partial charge in [0.2, 0.25) is 0 Å². The predicted molar refractivity (Wildman–Crippen MR) is 83.9 cm³/mol. The minimum Gasteiger partial charge on any atom is -0.490 e. The van der Waals surface area contributed by atoms with Crippen LogP contribution < -0.4 is 14.8 Å². The Hall–Kier alpha value is -1.81. The Balaban J connectivity index is 2.13. The summed E-state index contributed by atoms with van der Waals surface area (Å²) in [6, 6.07) is 6.02. The van der Waals surface area contributed by atoms with Gasteiger partial charge in [-0.3, -0.25) is 4.79 Å². The molecule has 4 nitrogen and oxygen atoms in total. The molecule has 0 bridgehead atoms. The van der Waals surface area contributed by atoms with Gasteiger partial charge in [-0.15, -0.1) is 0 Å². The molecule has 4 heteroatoms. The molecule has 0 spiro atoms. The van der Waals surface area contributed by atoms with Gasteiger partial charge >= 0.3 is 0 Å². The summed E-state index contributed by atoms with van der Waals surface area (Å²) in [5.41, 5.74) is 2.52. The molecule has 0 unspecified atom stereocenters. The van der Waals surface area contributed by atoms with Crippen molar-refractivity contribution in [3.63, 3.8) is 0 Å². The molecule has 0 saturated heterocycles. The van der Waals surface area contributed by atoms with Crippen LogP contribution in [0, 0.1) is 0 Å². The zero-order valence-corrected chi connectivity index (χ0v) is 12.8. The number of hydrogen-bond acceptors (Lipinski definition) is 4. The Bertz CT molecular complexity index is 523. The second kappa shape index (κ2) is 7.84. The molecule has 1 aromatic rings. The number of nitrogens with one attached hydrogen (secondary N) is 1. The summed E-state index contributed by atoms with van der Waals surface area (Å²) < 4.78 is 11.3. The standard InChI is InChI=1S/C17H23NO3/c1-3-20-17-12-15(14-6-9-18-10-7-14)4-5-16(17)21-11-8-13(2)19/h4-6,12,18H,3,7-11H2,1-2H3. The van der Waals surface area contributed by atoms with Crippen molar-refractivity contribution in [1.82, 2.24) is 5.32 Å². The minimum atomic E-state index is 0.129. The third-order valence-corrected chi connectivity index (χ3v) is 3.39. The first kappa shape index (κ1) is 15.6. The fourth-order valence-electron chi connectivity index (χ4n) is 2.28. The molecular weight excluding hydrogens is 266 g/mol. The average molecular weight is 289 g/mol. The highest BCUT2D eigenvalue weighted by Crippen LogP contribution is 2.32. The molecule has 1 heterocycles. The topological polar surface area (TPSA) is 47.6 Å². The molecule has 0 radical (unpaired) electrons. The second-order valence-electron chi connectivity index (χ2n) is 5.08. The number of ether oxygens (including phenoxy) is 2. The third-order valence-electron chi connectivity index (χ3n) is 3.39. The van der Waals surface area contributed by atoms with Crippen LogP contribution in [0.15, 0.2) is 24.3 Å². The van der Waals surface area contributed by atoms with Gasteiger partial charge in [0.25, 0.3) is 0 Å². The molecule has 0 saturated carbocycles.